The van der Waals surface area contributed by atoms with Crippen molar-refractivity contribution in [1.29, 1.82) is 0 Å². The number of aliphatic imine (C=N–C) groups is 1. The molecule has 1 aliphatic carbocycles. The molecule has 76 valence electrons. The van der Waals surface area contributed by atoms with Gasteiger partial charge in [0.05, 0.1) is 18.1 Å². The number of allylic oxidation sites excluding steroid dienone is 2. The Kier molecular flexibility index (Phi) is 2.27. The van der Waals surface area contributed by atoms with Gasteiger partial charge in [-0.3, -0.25) is 10.3 Å². The van der Waals surface area contributed by atoms with Gasteiger partial charge in [-0.1, -0.05) is 30.4 Å². The van der Waals surface area contributed by atoms with Crippen LogP contribution >= 0.6 is 11.3 Å². The topological polar surface area (TPSA) is 24.4 Å². The normalized spacial score (nSPS) is 32.9. The average molecular weight is 216 g/mol. The molecule has 0 unspecified atom stereocenters. The van der Waals surface area contributed by atoms with Gasteiger partial charge in [0.2, 0.25) is 0 Å². The number of nitrogens with zero attached hydrogens (tertiary/aromatic N) is 1. The van der Waals surface area contributed by atoms with E-state index in [4.69, 9.17) is 0 Å². The first-order valence-corrected chi connectivity index (χ1v) is 5.99. The molecule has 0 saturated heterocycles. The van der Waals surface area contributed by atoms with Crippen LogP contribution in [0, 0.1) is 0 Å². The number of nitrogens with one attached hydrogen (secondary N) is 1. The zero-order valence-corrected chi connectivity index (χ0v) is 9.02. The Morgan fingerprint density at radius 1 is 1.27 bits per heavy atom. The molecule has 0 amide bonds. The van der Waals surface area contributed by atoms with Gasteiger partial charge in [0, 0.05) is 11.1 Å². The van der Waals surface area contributed by atoms with Crippen LogP contribution in [0.15, 0.2) is 46.8 Å². The third kappa shape index (κ3) is 1.68. The lowest BCUT2D eigenvalue weighted by Crippen LogP contribution is -2.43. The molecule has 1 aliphatic heterocycles. The Morgan fingerprint density at radius 2 is 2.20 bits per heavy atom. The molecule has 2 nitrogen and oxygen atoms in total. The second kappa shape index (κ2) is 3.76. The van der Waals surface area contributed by atoms with Gasteiger partial charge in [-0.05, 0) is 11.4 Å². The fraction of sp³-hybridized carbons (Fsp3) is 0.250. The first-order valence-electron chi connectivity index (χ1n) is 5.11. The first kappa shape index (κ1) is 9.07. The van der Waals surface area contributed by atoms with Crippen molar-refractivity contribution in [1.82, 2.24) is 5.32 Å². The van der Waals surface area contributed by atoms with E-state index in [1.807, 2.05) is 6.21 Å². The van der Waals surface area contributed by atoms with Gasteiger partial charge in [0.25, 0.3) is 0 Å². The molecule has 0 radical (unpaired) electrons. The Balaban J connectivity index is 1.85. The van der Waals surface area contributed by atoms with Crippen LogP contribution in [-0.4, -0.2) is 18.3 Å². The van der Waals surface area contributed by atoms with Crippen molar-refractivity contribution in [3.8, 4) is 0 Å². The number of fused-ring (bicyclic) bond motifs is 1. The van der Waals surface area contributed by atoms with Gasteiger partial charge >= 0.3 is 0 Å². The summed E-state index contributed by atoms with van der Waals surface area (Å²) in [5.41, 5.74) is 0. The minimum atomic E-state index is 0.280. The Bertz CT molecular complexity index is 417. The molecule has 0 aromatic carbocycles. The van der Waals surface area contributed by atoms with Gasteiger partial charge < -0.3 is 0 Å². The van der Waals surface area contributed by atoms with Crippen molar-refractivity contribution in [2.45, 2.75) is 18.1 Å². The largest absolute Gasteiger partial charge is 0.296 e. The molecule has 0 spiro atoms. The summed E-state index contributed by atoms with van der Waals surface area (Å²) in [6.45, 7) is 0. The molecule has 1 N–H and O–H groups in total. The standard InChI is InChI=1S/C12H12N2S/c1-2-5-10-9(4-1)13-8-11(14-10)12-6-3-7-15-12/h1-11,14H/t9-,10+,11-/m1/s1. The summed E-state index contributed by atoms with van der Waals surface area (Å²) in [6, 6.07) is 5.15. The highest BCUT2D eigenvalue weighted by Gasteiger charge is 2.25. The van der Waals surface area contributed by atoms with E-state index in [-0.39, 0.29) is 12.1 Å². The molecule has 0 fully saturated rings. The van der Waals surface area contributed by atoms with Crippen molar-refractivity contribution < 1.29 is 0 Å². The number of thiophene rings is 1. The van der Waals surface area contributed by atoms with E-state index in [9.17, 15) is 0 Å². The Hall–Kier alpha value is -1.19. The van der Waals surface area contributed by atoms with Crippen LogP contribution in [0.25, 0.3) is 0 Å². The number of hydrogen-bond donors (Lipinski definition) is 1. The zero-order chi connectivity index (χ0) is 10.1. The predicted octanol–water partition coefficient (Wildman–Crippen LogP) is 2.33. The zero-order valence-electron chi connectivity index (χ0n) is 8.21. The van der Waals surface area contributed by atoms with Crippen molar-refractivity contribution in [3.63, 3.8) is 0 Å². The molecule has 0 saturated carbocycles. The molecule has 2 heterocycles. The summed E-state index contributed by atoms with van der Waals surface area (Å²) < 4.78 is 0. The molecule has 0 bridgehead atoms. The van der Waals surface area contributed by atoms with Crippen LogP contribution in [0.3, 0.4) is 0 Å². The van der Waals surface area contributed by atoms with E-state index in [2.05, 4.69) is 52.1 Å². The molecule has 3 atom stereocenters. The van der Waals surface area contributed by atoms with Crippen molar-refractivity contribution in [2.75, 3.05) is 0 Å². The molecular formula is C12H12N2S. The van der Waals surface area contributed by atoms with Gasteiger partial charge in [-0.2, -0.15) is 0 Å². The number of rotatable bonds is 1. The number of hydrogen-bond acceptors (Lipinski definition) is 3. The second-order valence-electron chi connectivity index (χ2n) is 3.74. The van der Waals surface area contributed by atoms with E-state index in [1.54, 1.807) is 11.3 Å². The molecule has 1 aromatic heterocycles. The summed E-state index contributed by atoms with van der Waals surface area (Å²) in [7, 11) is 0. The minimum Gasteiger partial charge on any atom is -0.296 e. The van der Waals surface area contributed by atoms with Crippen LogP contribution in [0.5, 0.6) is 0 Å². The maximum absolute atomic E-state index is 4.57. The smallest absolute Gasteiger partial charge is 0.0869 e. The van der Waals surface area contributed by atoms with E-state index < -0.39 is 0 Å². The summed E-state index contributed by atoms with van der Waals surface area (Å²) in [4.78, 5) is 5.90. The van der Waals surface area contributed by atoms with Crippen LogP contribution in [0.1, 0.15) is 10.9 Å². The van der Waals surface area contributed by atoms with Gasteiger partial charge in [0.15, 0.2) is 0 Å². The van der Waals surface area contributed by atoms with Crippen LogP contribution in [-0.2, 0) is 0 Å². The second-order valence-corrected chi connectivity index (χ2v) is 4.72. The lowest BCUT2D eigenvalue weighted by Gasteiger charge is -2.30. The van der Waals surface area contributed by atoms with Gasteiger partial charge in [0.1, 0.15) is 0 Å². The maximum atomic E-state index is 4.57. The molecule has 2 aliphatic rings. The van der Waals surface area contributed by atoms with E-state index in [0.29, 0.717) is 6.04 Å². The SMILES string of the molecule is C1=C[C@@H]2N[C@@H](c3cccs3)C=N[C@@H]2C=C1. The highest BCUT2D eigenvalue weighted by atomic mass is 32.1. The van der Waals surface area contributed by atoms with Crippen LogP contribution in [0.4, 0.5) is 0 Å². The van der Waals surface area contributed by atoms with Gasteiger partial charge in [-0.15, -0.1) is 11.3 Å². The molecule has 1 aromatic rings. The first-order chi connectivity index (χ1) is 7.43. The highest BCUT2D eigenvalue weighted by Crippen LogP contribution is 2.23. The van der Waals surface area contributed by atoms with Crippen LogP contribution in [0.2, 0.25) is 0 Å². The lowest BCUT2D eigenvalue weighted by atomic mass is 10.00. The van der Waals surface area contributed by atoms with E-state index >= 15 is 0 Å². The summed E-state index contributed by atoms with van der Waals surface area (Å²) in [6.07, 6.45) is 10.5. The summed E-state index contributed by atoms with van der Waals surface area (Å²) >= 11 is 1.77. The van der Waals surface area contributed by atoms with Gasteiger partial charge in [-0.25, -0.2) is 0 Å². The van der Waals surface area contributed by atoms with E-state index in [0.717, 1.165) is 0 Å². The third-order valence-corrected chi connectivity index (χ3v) is 3.69. The average Bonchev–Trinajstić information content (AvgIpc) is 2.82. The Labute approximate surface area is 93.0 Å². The van der Waals surface area contributed by atoms with Crippen molar-refractivity contribution in [2.24, 2.45) is 4.99 Å². The summed E-state index contributed by atoms with van der Waals surface area (Å²) in [5, 5.41) is 5.69. The van der Waals surface area contributed by atoms with Crippen molar-refractivity contribution in [3.05, 3.63) is 46.7 Å². The molecule has 15 heavy (non-hydrogen) atoms. The maximum Gasteiger partial charge on any atom is 0.0869 e. The quantitative estimate of drug-likeness (QED) is 0.765. The van der Waals surface area contributed by atoms with Crippen LogP contribution < -0.4 is 5.32 Å². The molecule has 3 rings (SSSR count). The lowest BCUT2D eigenvalue weighted by molar-refractivity contribution is 0.502. The minimum absolute atomic E-state index is 0.280. The monoisotopic (exact) mass is 216 g/mol. The highest BCUT2D eigenvalue weighted by molar-refractivity contribution is 7.10. The fourth-order valence-corrected chi connectivity index (χ4v) is 2.70. The van der Waals surface area contributed by atoms with Crippen molar-refractivity contribution >= 4 is 17.6 Å². The summed E-state index contributed by atoms with van der Waals surface area (Å²) in [5.74, 6) is 0. The Morgan fingerprint density at radius 3 is 3.07 bits per heavy atom. The predicted molar refractivity (Wildman–Crippen MR) is 64.5 cm³/mol. The van der Waals surface area contributed by atoms with E-state index in [1.165, 1.54) is 4.88 Å². The molecular weight excluding hydrogens is 204 g/mol. The third-order valence-electron chi connectivity index (χ3n) is 2.73. The fourth-order valence-electron chi connectivity index (χ4n) is 1.95. The molecule has 3 heteroatoms.